The molecular weight excluding hydrogens is 154 g/mol. The fraction of sp³-hybridized carbons (Fsp3) is 0.222. The second-order valence-corrected chi connectivity index (χ2v) is 2.15. The zero-order valence-electron chi connectivity index (χ0n) is 6.99. The van der Waals surface area contributed by atoms with Crippen LogP contribution in [0.25, 0.3) is 0 Å². The Labute approximate surface area is 71.6 Å². The first-order chi connectivity index (χ1) is 5.88. The Bertz CT molecular complexity index is 260. The van der Waals surface area contributed by atoms with E-state index in [9.17, 15) is 0 Å². The van der Waals surface area contributed by atoms with Crippen LogP contribution < -0.4 is 9.47 Å². The Morgan fingerprint density at radius 2 is 2.00 bits per heavy atom. The van der Waals surface area contributed by atoms with E-state index in [4.69, 9.17) is 9.47 Å². The van der Waals surface area contributed by atoms with Crippen molar-refractivity contribution in [2.75, 3.05) is 13.8 Å². The predicted molar refractivity (Wildman–Crippen MR) is 48.0 cm³/mol. The topological polar surface area (TPSA) is 30.8 Å². The van der Waals surface area contributed by atoms with E-state index in [-0.39, 0.29) is 6.73 Å². The van der Waals surface area contributed by atoms with Gasteiger partial charge in [-0.2, -0.15) is 0 Å². The van der Waals surface area contributed by atoms with Crippen LogP contribution in [0.5, 0.6) is 11.5 Å². The Morgan fingerprint density at radius 3 is 2.58 bits per heavy atom. The van der Waals surface area contributed by atoms with E-state index in [1.807, 2.05) is 24.3 Å². The third-order valence-electron chi connectivity index (χ3n) is 1.38. The molecule has 0 saturated heterocycles. The van der Waals surface area contributed by atoms with Gasteiger partial charge in [0.15, 0.2) is 18.2 Å². The molecule has 0 aliphatic heterocycles. The first-order valence-electron chi connectivity index (χ1n) is 3.56. The molecule has 0 aliphatic carbocycles. The van der Waals surface area contributed by atoms with Gasteiger partial charge >= 0.3 is 0 Å². The van der Waals surface area contributed by atoms with Crippen molar-refractivity contribution in [3.05, 3.63) is 24.3 Å². The summed E-state index contributed by atoms with van der Waals surface area (Å²) in [5.74, 6) is 1.40. The Hall–Kier alpha value is -1.51. The van der Waals surface area contributed by atoms with Crippen molar-refractivity contribution in [1.29, 1.82) is 0 Å². The van der Waals surface area contributed by atoms with Crippen LogP contribution >= 0.6 is 0 Å². The third-order valence-corrected chi connectivity index (χ3v) is 1.38. The fourth-order valence-corrected chi connectivity index (χ4v) is 0.853. The number of methoxy groups -OCH3 is 1. The number of nitrogens with zero attached hydrogens (tertiary/aromatic N) is 1. The molecule has 0 heterocycles. The van der Waals surface area contributed by atoms with Crippen molar-refractivity contribution >= 4 is 6.72 Å². The molecule has 0 saturated carbocycles. The average molecular weight is 165 g/mol. The molecule has 0 N–H and O–H groups in total. The molecule has 0 bridgehead atoms. The Morgan fingerprint density at radius 1 is 1.33 bits per heavy atom. The number of ether oxygens (including phenoxy) is 2. The number of aliphatic imine (C=N–C) groups is 1. The minimum atomic E-state index is 0.250. The zero-order valence-corrected chi connectivity index (χ0v) is 6.99. The summed E-state index contributed by atoms with van der Waals surface area (Å²) in [4.78, 5) is 3.58. The molecule has 0 spiro atoms. The molecular formula is C9H11NO2. The fourth-order valence-electron chi connectivity index (χ4n) is 0.853. The molecule has 0 radical (unpaired) electrons. The second-order valence-electron chi connectivity index (χ2n) is 2.15. The van der Waals surface area contributed by atoms with Crippen LogP contribution in [0.15, 0.2) is 29.3 Å². The van der Waals surface area contributed by atoms with Gasteiger partial charge in [0.2, 0.25) is 0 Å². The highest BCUT2D eigenvalue weighted by atomic mass is 16.5. The lowest BCUT2D eigenvalue weighted by molar-refractivity contribution is 0.305. The smallest absolute Gasteiger partial charge is 0.178 e. The van der Waals surface area contributed by atoms with Crippen LogP contribution in [0.2, 0.25) is 0 Å². The van der Waals surface area contributed by atoms with E-state index in [1.165, 1.54) is 0 Å². The molecule has 0 aliphatic rings. The summed E-state index contributed by atoms with van der Waals surface area (Å²) in [5, 5.41) is 0. The van der Waals surface area contributed by atoms with Crippen molar-refractivity contribution < 1.29 is 9.47 Å². The second kappa shape index (κ2) is 4.38. The van der Waals surface area contributed by atoms with Gasteiger partial charge in [-0.15, -0.1) is 0 Å². The minimum Gasteiger partial charge on any atom is -0.493 e. The van der Waals surface area contributed by atoms with E-state index in [0.717, 1.165) is 0 Å². The van der Waals surface area contributed by atoms with Crippen molar-refractivity contribution in [1.82, 2.24) is 0 Å². The molecule has 0 unspecified atom stereocenters. The summed E-state index contributed by atoms with van der Waals surface area (Å²) in [6.07, 6.45) is 0. The van der Waals surface area contributed by atoms with Gasteiger partial charge in [0, 0.05) is 0 Å². The summed E-state index contributed by atoms with van der Waals surface area (Å²) in [6.45, 7) is 3.57. The monoisotopic (exact) mass is 165 g/mol. The van der Waals surface area contributed by atoms with Crippen LogP contribution in [0.1, 0.15) is 0 Å². The molecule has 0 aromatic heterocycles. The lowest BCUT2D eigenvalue weighted by Crippen LogP contribution is -1.95. The molecule has 0 amide bonds. The van der Waals surface area contributed by atoms with Gasteiger partial charge < -0.3 is 9.47 Å². The van der Waals surface area contributed by atoms with Crippen molar-refractivity contribution in [3.63, 3.8) is 0 Å². The van der Waals surface area contributed by atoms with Crippen molar-refractivity contribution in [2.24, 2.45) is 4.99 Å². The Balaban J connectivity index is 2.74. The number of hydrogen-bond donors (Lipinski definition) is 0. The summed E-state index contributed by atoms with van der Waals surface area (Å²) in [7, 11) is 1.60. The highest BCUT2D eigenvalue weighted by Gasteiger charge is 1.99. The van der Waals surface area contributed by atoms with Crippen LogP contribution in [0.3, 0.4) is 0 Å². The number of hydrogen-bond acceptors (Lipinski definition) is 3. The predicted octanol–water partition coefficient (Wildman–Crippen LogP) is 1.73. The summed E-state index contributed by atoms with van der Waals surface area (Å²) in [5.41, 5.74) is 0. The van der Waals surface area contributed by atoms with E-state index in [1.54, 1.807) is 7.11 Å². The SMILES string of the molecule is C=NCOc1ccccc1OC. The molecule has 1 aromatic carbocycles. The van der Waals surface area contributed by atoms with Crippen molar-refractivity contribution in [2.45, 2.75) is 0 Å². The van der Waals surface area contributed by atoms with Crippen LogP contribution in [-0.4, -0.2) is 20.6 Å². The van der Waals surface area contributed by atoms with Crippen LogP contribution in [0, 0.1) is 0 Å². The van der Waals surface area contributed by atoms with Gasteiger partial charge in [0.05, 0.1) is 7.11 Å². The third kappa shape index (κ3) is 1.99. The van der Waals surface area contributed by atoms with Gasteiger partial charge in [-0.25, -0.2) is 0 Å². The Kier molecular flexibility index (Phi) is 3.14. The van der Waals surface area contributed by atoms with Crippen LogP contribution in [-0.2, 0) is 0 Å². The molecule has 12 heavy (non-hydrogen) atoms. The summed E-state index contributed by atoms with van der Waals surface area (Å²) >= 11 is 0. The van der Waals surface area contributed by atoms with E-state index >= 15 is 0 Å². The van der Waals surface area contributed by atoms with Crippen molar-refractivity contribution in [3.8, 4) is 11.5 Å². The zero-order chi connectivity index (χ0) is 8.81. The molecule has 1 aromatic rings. The number of para-hydroxylation sites is 2. The maximum Gasteiger partial charge on any atom is 0.178 e. The van der Waals surface area contributed by atoms with E-state index < -0.39 is 0 Å². The summed E-state index contributed by atoms with van der Waals surface area (Å²) < 4.78 is 10.3. The highest BCUT2D eigenvalue weighted by molar-refractivity contribution is 5.39. The van der Waals surface area contributed by atoms with Crippen LogP contribution in [0.4, 0.5) is 0 Å². The first-order valence-corrected chi connectivity index (χ1v) is 3.56. The molecule has 1 rings (SSSR count). The lowest BCUT2D eigenvalue weighted by atomic mass is 10.3. The first kappa shape index (κ1) is 8.59. The highest BCUT2D eigenvalue weighted by Crippen LogP contribution is 2.25. The van der Waals surface area contributed by atoms with Gasteiger partial charge in [-0.3, -0.25) is 4.99 Å². The van der Waals surface area contributed by atoms with Gasteiger partial charge in [-0.05, 0) is 18.9 Å². The standard InChI is InChI=1S/C9H11NO2/c1-10-7-12-9-6-4-3-5-8(9)11-2/h3-6H,1,7H2,2H3. The average Bonchev–Trinajstić information content (AvgIpc) is 2.15. The van der Waals surface area contributed by atoms with Gasteiger partial charge in [0.25, 0.3) is 0 Å². The summed E-state index contributed by atoms with van der Waals surface area (Å²) in [6, 6.07) is 7.41. The minimum absolute atomic E-state index is 0.250. The number of benzene rings is 1. The molecule has 3 nitrogen and oxygen atoms in total. The lowest BCUT2D eigenvalue weighted by Gasteiger charge is -2.07. The largest absolute Gasteiger partial charge is 0.493 e. The quantitative estimate of drug-likeness (QED) is 0.636. The molecule has 3 heteroatoms. The maximum absolute atomic E-state index is 5.22. The molecule has 0 fully saturated rings. The van der Waals surface area contributed by atoms with E-state index in [0.29, 0.717) is 11.5 Å². The molecule has 0 atom stereocenters. The maximum atomic E-state index is 5.22. The van der Waals surface area contributed by atoms with Gasteiger partial charge in [-0.1, -0.05) is 12.1 Å². The normalized spacial score (nSPS) is 9.08. The molecule has 64 valence electrons. The number of rotatable bonds is 4. The van der Waals surface area contributed by atoms with E-state index in [2.05, 4.69) is 11.7 Å². The van der Waals surface area contributed by atoms with Gasteiger partial charge in [0.1, 0.15) is 0 Å².